The van der Waals surface area contributed by atoms with Gasteiger partial charge in [-0.1, -0.05) is 30.0 Å². The van der Waals surface area contributed by atoms with Crippen LogP contribution in [0.3, 0.4) is 0 Å². The standard InChI is InChI=1S/C20H20N4O2S/c1-14-11-15(2)22-20(21-14)27-13-18(25)23-17-8-6-16(7-9-17)12-24-10-4-3-5-19(24)26/h3-11H,12-13H2,1-2H3,(H,23,25). The fraction of sp³-hybridized carbons (Fsp3) is 0.200. The molecule has 0 aliphatic heterocycles. The van der Waals surface area contributed by atoms with Gasteiger partial charge in [0.2, 0.25) is 5.91 Å². The van der Waals surface area contributed by atoms with Gasteiger partial charge in [-0.3, -0.25) is 9.59 Å². The van der Waals surface area contributed by atoms with Crippen molar-refractivity contribution in [3.8, 4) is 0 Å². The highest BCUT2D eigenvalue weighted by molar-refractivity contribution is 7.99. The molecule has 3 rings (SSSR count). The number of nitrogens with zero attached hydrogens (tertiary/aromatic N) is 3. The van der Waals surface area contributed by atoms with E-state index >= 15 is 0 Å². The molecule has 0 aliphatic rings. The lowest BCUT2D eigenvalue weighted by Gasteiger charge is -2.08. The molecule has 0 atom stereocenters. The molecular formula is C20H20N4O2S. The molecule has 2 aromatic heterocycles. The predicted molar refractivity (Wildman–Crippen MR) is 107 cm³/mol. The number of hydrogen-bond donors (Lipinski definition) is 1. The Kier molecular flexibility index (Phi) is 6.03. The van der Waals surface area contributed by atoms with Crippen molar-refractivity contribution in [2.75, 3.05) is 11.1 Å². The van der Waals surface area contributed by atoms with E-state index in [0.29, 0.717) is 17.4 Å². The number of rotatable bonds is 6. The van der Waals surface area contributed by atoms with Gasteiger partial charge in [0.05, 0.1) is 12.3 Å². The monoisotopic (exact) mass is 380 g/mol. The van der Waals surface area contributed by atoms with Crippen LogP contribution in [-0.2, 0) is 11.3 Å². The fourth-order valence-corrected chi connectivity index (χ4v) is 3.32. The second kappa shape index (κ2) is 8.64. The van der Waals surface area contributed by atoms with E-state index in [2.05, 4.69) is 15.3 Å². The van der Waals surface area contributed by atoms with Crippen LogP contribution in [0.4, 0.5) is 5.69 Å². The molecule has 0 fully saturated rings. The molecule has 3 aromatic rings. The summed E-state index contributed by atoms with van der Waals surface area (Å²) in [7, 11) is 0. The van der Waals surface area contributed by atoms with Gasteiger partial charge < -0.3 is 9.88 Å². The van der Waals surface area contributed by atoms with Crippen molar-refractivity contribution in [2.45, 2.75) is 25.5 Å². The first-order valence-corrected chi connectivity index (χ1v) is 9.47. The van der Waals surface area contributed by atoms with E-state index in [4.69, 9.17) is 0 Å². The third-order valence-corrected chi connectivity index (χ3v) is 4.63. The maximum Gasteiger partial charge on any atom is 0.250 e. The van der Waals surface area contributed by atoms with E-state index in [1.807, 2.05) is 50.2 Å². The molecule has 1 aromatic carbocycles. The number of aryl methyl sites for hydroxylation is 2. The minimum absolute atomic E-state index is 0.0412. The zero-order valence-corrected chi connectivity index (χ0v) is 16.0. The molecule has 1 amide bonds. The van der Waals surface area contributed by atoms with E-state index in [1.165, 1.54) is 17.8 Å². The number of amides is 1. The molecule has 0 bridgehead atoms. The Hall–Kier alpha value is -2.93. The van der Waals surface area contributed by atoms with Crippen molar-refractivity contribution in [2.24, 2.45) is 0 Å². The highest BCUT2D eigenvalue weighted by atomic mass is 32.2. The first kappa shape index (κ1) is 18.8. The minimum atomic E-state index is -0.116. The van der Waals surface area contributed by atoms with Crippen LogP contribution in [0.1, 0.15) is 17.0 Å². The Labute approximate surface area is 161 Å². The van der Waals surface area contributed by atoms with Crippen LogP contribution in [0, 0.1) is 13.8 Å². The number of carbonyl (C=O) groups is 1. The second-order valence-electron chi connectivity index (χ2n) is 6.13. The van der Waals surface area contributed by atoms with Gasteiger partial charge in [-0.2, -0.15) is 0 Å². The summed E-state index contributed by atoms with van der Waals surface area (Å²) < 4.78 is 1.63. The zero-order valence-electron chi connectivity index (χ0n) is 15.2. The average molecular weight is 380 g/mol. The van der Waals surface area contributed by atoms with Gasteiger partial charge in [0.1, 0.15) is 0 Å². The quantitative estimate of drug-likeness (QED) is 0.525. The van der Waals surface area contributed by atoms with Crippen molar-refractivity contribution < 1.29 is 4.79 Å². The van der Waals surface area contributed by atoms with Crippen LogP contribution in [-0.4, -0.2) is 26.2 Å². The highest BCUT2D eigenvalue weighted by Crippen LogP contribution is 2.15. The zero-order chi connectivity index (χ0) is 19.2. The number of thioether (sulfide) groups is 1. The topological polar surface area (TPSA) is 76.9 Å². The van der Waals surface area contributed by atoms with E-state index < -0.39 is 0 Å². The summed E-state index contributed by atoms with van der Waals surface area (Å²) in [6.07, 6.45) is 1.75. The number of nitrogens with one attached hydrogen (secondary N) is 1. The molecule has 0 saturated carbocycles. The second-order valence-corrected chi connectivity index (χ2v) is 7.08. The van der Waals surface area contributed by atoms with Crippen molar-refractivity contribution in [1.29, 1.82) is 0 Å². The molecule has 1 N–H and O–H groups in total. The summed E-state index contributed by atoms with van der Waals surface area (Å²) in [5, 5.41) is 3.46. The minimum Gasteiger partial charge on any atom is -0.325 e. The molecule has 0 spiro atoms. The average Bonchev–Trinajstić information content (AvgIpc) is 2.63. The maximum absolute atomic E-state index is 12.1. The summed E-state index contributed by atoms with van der Waals surface area (Å²) in [5.74, 6) is 0.124. The summed E-state index contributed by atoms with van der Waals surface area (Å²) >= 11 is 1.31. The predicted octanol–water partition coefficient (Wildman–Crippen LogP) is 3.03. The lowest BCUT2D eigenvalue weighted by Crippen LogP contribution is -2.18. The summed E-state index contributed by atoms with van der Waals surface area (Å²) in [6.45, 7) is 4.31. The summed E-state index contributed by atoms with van der Waals surface area (Å²) in [6, 6.07) is 14.4. The first-order chi connectivity index (χ1) is 13.0. The van der Waals surface area contributed by atoms with Gasteiger partial charge in [-0.05, 0) is 43.7 Å². The molecule has 6 nitrogen and oxygen atoms in total. The third kappa shape index (κ3) is 5.52. The number of pyridine rings is 1. The van der Waals surface area contributed by atoms with Crippen LogP contribution in [0.15, 0.2) is 64.7 Å². The smallest absolute Gasteiger partial charge is 0.250 e. The molecule has 0 aliphatic carbocycles. The van der Waals surface area contributed by atoms with Gasteiger partial charge >= 0.3 is 0 Å². The lowest BCUT2D eigenvalue weighted by molar-refractivity contribution is -0.113. The number of aromatic nitrogens is 3. The Morgan fingerprint density at radius 3 is 2.44 bits per heavy atom. The Morgan fingerprint density at radius 1 is 1.07 bits per heavy atom. The number of hydrogen-bond acceptors (Lipinski definition) is 5. The van der Waals surface area contributed by atoms with Gasteiger partial charge in [0, 0.05) is 29.3 Å². The van der Waals surface area contributed by atoms with Crippen LogP contribution in [0.5, 0.6) is 0 Å². The normalized spacial score (nSPS) is 10.6. The van der Waals surface area contributed by atoms with Crippen LogP contribution in [0.2, 0.25) is 0 Å². The molecule has 27 heavy (non-hydrogen) atoms. The first-order valence-electron chi connectivity index (χ1n) is 8.49. The summed E-state index contributed by atoms with van der Waals surface area (Å²) in [4.78, 5) is 32.5. The van der Waals surface area contributed by atoms with Crippen molar-refractivity contribution >= 4 is 23.4 Å². The number of anilines is 1. The van der Waals surface area contributed by atoms with E-state index in [-0.39, 0.29) is 17.2 Å². The van der Waals surface area contributed by atoms with Gasteiger partial charge in [0.15, 0.2) is 5.16 Å². The van der Waals surface area contributed by atoms with Crippen LogP contribution in [0.25, 0.3) is 0 Å². The van der Waals surface area contributed by atoms with E-state index in [9.17, 15) is 9.59 Å². The Bertz CT molecular complexity index is 979. The molecule has 138 valence electrons. The van der Waals surface area contributed by atoms with Crippen molar-refractivity contribution in [3.63, 3.8) is 0 Å². The van der Waals surface area contributed by atoms with Crippen LogP contribution < -0.4 is 10.9 Å². The largest absolute Gasteiger partial charge is 0.325 e. The van der Waals surface area contributed by atoms with Crippen molar-refractivity contribution in [1.82, 2.24) is 14.5 Å². The molecular weight excluding hydrogens is 360 g/mol. The molecule has 2 heterocycles. The maximum atomic E-state index is 12.1. The van der Waals surface area contributed by atoms with Gasteiger partial charge in [0.25, 0.3) is 5.56 Å². The highest BCUT2D eigenvalue weighted by Gasteiger charge is 2.07. The van der Waals surface area contributed by atoms with E-state index in [0.717, 1.165) is 17.0 Å². The van der Waals surface area contributed by atoms with Crippen LogP contribution >= 0.6 is 11.8 Å². The van der Waals surface area contributed by atoms with E-state index in [1.54, 1.807) is 16.8 Å². The number of carbonyl (C=O) groups excluding carboxylic acids is 1. The third-order valence-electron chi connectivity index (χ3n) is 3.78. The molecule has 7 heteroatoms. The molecule has 0 radical (unpaired) electrons. The summed E-state index contributed by atoms with van der Waals surface area (Å²) in [5.41, 5.74) is 3.43. The number of benzene rings is 1. The van der Waals surface area contributed by atoms with Crippen molar-refractivity contribution in [3.05, 3.63) is 82.0 Å². The Balaban J connectivity index is 1.55. The Morgan fingerprint density at radius 2 is 1.78 bits per heavy atom. The fourth-order valence-electron chi connectivity index (χ4n) is 2.57. The lowest BCUT2D eigenvalue weighted by atomic mass is 10.2. The van der Waals surface area contributed by atoms with Gasteiger partial charge in [-0.15, -0.1) is 0 Å². The SMILES string of the molecule is Cc1cc(C)nc(SCC(=O)Nc2ccc(Cn3ccccc3=O)cc2)n1. The van der Waals surface area contributed by atoms with Gasteiger partial charge in [-0.25, -0.2) is 9.97 Å². The molecule has 0 unspecified atom stereocenters. The molecule has 0 saturated heterocycles.